The number of rotatable bonds is 4. The van der Waals surface area contributed by atoms with Gasteiger partial charge in [-0.2, -0.15) is 0 Å². The minimum absolute atomic E-state index is 0.166. The highest BCUT2D eigenvalue weighted by molar-refractivity contribution is 6.18. The molecule has 1 aliphatic heterocycles. The molecule has 1 aliphatic rings. The Balaban J connectivity index is 1.27. The lowest BCUT2D eigenvalue weighted by Gasteiger charge is -2.32. The summed E-state index contributed by atoms with van der Waals surface area (Å²) in [5.41, 5.74) is 7.74. The molecule has 2 aromatic heterocycles. The van der Waals surface area contributed by atoms with Crippen molar-refractivity contribution in [2.45, 2.75) is 12.3 Å². The second-order valence-corrected chi connectivity index (χ2v) is 11.6. The van der Waals surface area contributed by atoms with Crippen LogP contribution in [0, 0.1) is 0 Å². The third kappa shape index (κ3) is 4.53. The zero-order chi connectivity index (χ0) is 29.7. The van der Waals surface area contributed by atoms with Crippen molar-refractivity contribution < 1.29 is 4.42 Å². The predicted molar refractivity (Wildman–Crippen MR) is 183 cm³/mol. The van der Waals surface area contributed by atoms with Crippen LogP contribution in [0.25, 0.3) is 54.7 Å². The molecule has 2 unspecified atom stereocenters. The van der Waals surface area contributed by atoms with E-state index in [0.717, 1.165) is 55.7 Å². The molecule has 0 radical (unpaired) electrons. The number of nitrogens with zero attached hydrogens (tertiary/aromatic N) is 2. The lowest BCUT2D eigenvalue weighted by molar-refractivity contribution is 0.409. The normalized spacial score (nSPS) is 16.7. The zero-order valence-corrected chi connectivity index (χ0v) is 24.3. The average molecular weight is 581 g/mol. The van der Waals surface area contributed by atoms with Crippen LogP contribution in [0.1, 0.15) is 29.0 Å². The van der Waals surface area contributed by atoms with E-state index in [4.69, 9.17) is 14.4 Å². The lowest BCUT2D eigenvalue weighted by Crippen LogP contribution is -2.45. The first kappa shape index (κ1) is 25.7. The van der Waals surface area contributed by atoms with Crippen LogP contribution in [-0.2, 0) is 0 Å². The smallest absolute Gasteiger partial charge is 0.153 e. The fraction of sp³-hybridized carbons (Fsp3) is 0.0500. The summed E-state index contributed by atoms with van der Waals surface area (Å²) in [5.74, 6) is 0.793. The van der Waals surface area contributed by atoms with Crippen LogP contribution in [0.2, 0.25) is 0 Å². The largest absolute Gasteiger partial charge is 0.454 e. The van der Waals surface area contributed by atoms with Crippen molar-refractivity contribution in [3.8, 4) is 11.1 Å². The van der Waals surface area contributed by atoms with Crippen LogP contribution >= 0.6 is 0 Å². The molecule has 0 spiro atoms. The molecule has 2 atom stereocenters. The monoisotopic (exact) mass is 580 g/mol. The molecule has 2 N–H and O–H groups in total. The maximum atomic E-state index is 6.44. The Bertz CT molecular complexity index is 2410. The molecule has 9 rings (SSSR count). The Morgan fingerprint density at radius 2 is 1.29 bits per heavy atom. The van der Waals surface area contributed by atoms with Crippen LogP contribution in [-0.4, -0.2) is 10.8 Å². The molecule has 8 aromatic rings. The summed E-state index contributed by atoms with van der Waals surface area (Å²) in [6, 6.07) is 48.8. The molecular weight excluding hydrogens is 552 g/mol. The topological polar surface area (TPSA) is 62.5 Å². The number of nitrogens with one attached hydrogen (secondary N) is 2. The second-order valence-electron chi connectivity index (χ2n) is 11.6. The first-order chi connectivity index (χ1) is 22.3. The molecule has 0 saturated heterocycles. The van der Waals surface area contributed by atoms with E-state index in [-0.39, 0.29) is 12.3 Å². The molecule has 5 nitrogen and oxygen atoms in total. The molecular formula is C40H28N4O. The Morgan fingerprint density at radius 1 is 0.556 bits per heavy atom. The first-order valence-corrected chi connectivity index (χ1v) is 15.2. The van der Waals surface area contributed by atoms with Gasteiger partial charge in [-0.1, -0.05) is 103 Å². The molecule has 6 aromatic carbocycles. The summed E-state index contributed by atoms with van der Waals surface area (Å²) in [6.07, 6.45) is 1.38. The quantitative estimate of drug-likeness (QED) is 0.218. The lowest BCUT2D eigenvalue weighted by atomic mass is 9.96. The van der Waals surface area contributed by atoms with Crippen molar-refractivity contribution in [2.24, 2.45) is 4.99 Å². The van der Waals surface area contributed by atoms with Gasteiger partial charge in [-0.25, -0.2) is 4.99 Å². The van der Waals surface area contributed by atoms with Crippen LogP contribution in [0.3, 0.4) is 0 Å². The summed E-state index contributed by atoms with van der Waals surface area (Å²) in [7, 11) is 0. The minimum Gasteiger partial charge on any atom is -0.454 e. The summed E-state index contributed by atoms with van der Waals surface area (Å²) in [6.45, 7) is 0. The Morgan fingerprint density at radius 3 is 2.11 bits per heavy atom. The fourth-order valence-corrected chi connectivity index (χ4v) is 6.50. The number of benzene rings is 6. The number of amidine groups is 1. The van der Waals surface area contributed by atoms with E-state index in [2.05, 4.69) is 132 Å². The number of fused-ring (bicyclic) bond motifs is 5. The van der Waals surface area contributed by atoms with E-state index in [1.807, 2.05) is 24.4 Å². The van der Waals surface area contributed by atoms with Crippen molar-refractivity contribution in [1.29, 1.82) is 0 Å². The summed E-state index contributed by atoms with van der Waals surface area (Å²) < 4.78 is 6.44. The van der Waals surface area contributed by atoms with Gasteiger partial charge in [0, 0.05) is 11.8 Å². The third-order valence-electron chi connectivity index (χ3n) is 8.75. The maximum absolute atomic E-state index is 6.44. The SMILES string of the molecule is c1ccc(C2NC(c3cc(-c4ccc5ccccc5c4)cc4oc5cccnc5c34)=NC(c3ccc4ccccc4c3)N2)cc1. The van der Waals surface area contributed by atoms with E-state index in [0.29, 0.717) is 0 Å². The Hall–Kier alpha value is -5.78. The molecule has 3 heterocycles. The van der Waals surface area contributed by atoms with Gasteiger partial charge in [-0.05, 0) is 80.2 Å². The number of furan rings is 1. The van der Waals surface area contributed by atoms with Gasteiger partial charge < -0.3 is 9.73 Å². The molecule has 0 aliphatic carbocycles. The molecule has 0 saturated carbocycles. The summed E-state index contributed by atoms with van der Waals surface area (Å²) in [4.78, 5) is 10.1. The van der Waals surface area contributed by atoms with E-state index in [1.54, 1.807) is 0 Å². The maximum Gasteiger partial charge on any atom is 0.153 e. The highest BCUT2D eigenvalue weighted by Crippen LogP contribution is 2.37. The standard InChI is InChI=1S/C40H28N4O/c1-2-11-27(12-3-1)38-42-39(31-19-17-26-10-5-7-14-29(26)22-31)44-40(43-38)33-23-32(30-18-16-25-9-4-6-13-28(25)21-30)24-35-36(33)37-34(45-35)15-8-20-41-37/h1-24,38-39,42H,(H,43,44). The summed E-state index contributed by atoms with van der Waals surface area (Å²) in [5, 5.41) is 13.3. The van der Waals surface area contributed by atoms with Gasteiger partial charge >= 0.3 is 0 Å². The van der Waals surface area contributed by atoms with E-state index in [9.17, 15) is 0 Å². The van der Waals surface area contributed by atoms with E-state index >= 15 is 0 Å². The molecule has 0 amide bonds. The zero-order valence-electron chi connectivity index (χ0n) is 24.3. The second kappa shape index (κ2) is 10.4. The van der Waals surface area contributed by atoms with Crippen LogP contribution in [0.15, 0.2) is 155 Å². The summed E-state index contributed by atoms with van der Waals surface area (Å²) >= 11 is 0. The molecule has 214 valence electrons. The molecule has 0 bridgehead atoms. The van der Waals surface area contributed by atoms with Crippen LogP contribution < -0.4 is 10.6 Å². The van der Waals surface area contributed by atoms with Gasteiger partial charge in [0.2, 0.25) is 0 Å². The van der Waals surface area contributed by atoms with Crippen LogP contribution in [0.4, 0.5) is 0 Å². The van der Waals surface area contributed by atoms with Crippen molar-refractivity contribution >= 4 is 49.4 Å². The third-order valence-corrected chi connectivity index (χ3v) is 8.75. The van der Waals surface area contributed by atoms with Crippen molar-refractivity contribution in [3.05, 3.63) is 162 Å². The van der Waals surface area contributed by atoms with Gasteiger partial charge in [0.25, 0.3) is 0 Å². The van der Waals surface area contributed by atoms with E-state index < -0.39 is 0 Å². The first-order valence-electron chi connectivity index (χ1n) is 15.2. The number of hydrogen-bond donors (Lipinski definition) is 2. The average Bonchev–Trinajstić information content (AvgIpc) is 3.49. The van der Waals surface area contributed by atoms with Crippen LogP contribution in [0.5, 0.6) is 0 Å². The van der Waals surface area contributed by atoms with Gasteiger partial charge in [-0.3, -0.25) is 10.3 Å². The van der Waals surface area contributed by atoms with Gasteiger partial charge in [0.15, 0.2) is 5.58 Å². The van der Waals surface area contributed by atoms with Crippen molar-refractivity contribution in [2.75, 3.05) is 0 Å². The van der Waals surface area contributed by atoms with Crippen molar-refractivity contribution in [1.82, 2.24) is 15.6 Å². The number of pyridine rings is 1. The highest BCUT2D eigenvalue weighted by atomic mass is 16.3. The Kier molecular flexibility index (Phi) is 5.96. The molecule has 5 heteroatoms. The minimum atomic E-state index is -0.276. The molecule has 45 heavy (non-hydrogen) atoms. The van der Waals surface area contributed by atoms with Gasteiger partial charge in [-0.15, -0.1) is 0 Å². The fourth-order valence-electron chi connectivity index (χ4n) is 6.50. The van der Waals surface area contributed by atoms with Crippen molar-refractivity contribution in [3.63, 3.8) is 0 Å². The van der Waals surface area contributed by atoms with Gasteiger partial charge in [0.1, 0.15) is 29.3 Å². The number of aromatic nitrogens is 1. The predicted octanol–water partition coefficient (Wildman–Crippen LogP) is 9.29. The Labute approximate surface area is 259 Å². The van der Waals surface area contributed by atoms with Gasteiger partial charge in [0.05, 0.1) is 5.39 Å². The molecule has 0 fully saturated rings. The number of hydrogen-bond acceptors (Lipinski definition) is 5. The number of aliphatic imine (C=N–C) groups is 1. The highest BCUT2D eigenvalue weighted by Gasteiger charge is 2.28. The van der Waals surface area contributed by atoms with E-state index in [1.165, 1.54) is 21.5 Å².